The Morgan fingerprint density at radius 1 is 1.28 bits per heavy atom. The van der Waals surface area contributed by atoms with Crippen LogP contribution in [0.2, 0.25) is 0 Å². The van der Waals surface area contributed by atoms with Gasteiger partial charge in [-0.1, -0.05) is 20.3 Å². The first kappa shape index (κ1) is 15.8. The molecule has 0 spiro atoms. The molecular formula is C13H24F3NO. The maximum atomic E-state index is 12.6. The molecule has 0 aromatic heterocycles. The van der Waals surface area contributed by atoms with Gasteiger partial charge in [0.05, 0.1) is 12.0 Å². The van der Waals surface area contributed by atoms with E-state index in [9.17, 15) is 18.3 Å². The number of halogens is 3. The van der Waals surface area contributed by atoms with E-state index in [2.05, 4.69) is 5.32 Å². The molecule has 2 N–H and O–H groups in total. The smallest absolute Gasteiger partial charge is 0.391 e. The lowest BCUT2D eigenvalue weighted by molar-refractivity contribution is -0.183. The van der Waals surface area contributed by atoms with Crippen LogP contribution >= 0.6 is 0 Å². The number of alkyl halides is 3. The Balaban J connectivity index is 2.26. The highest BCUT2D eigenvalue weighted by Crippen LogP contribution is 2.37. The monoisotopic (exact) mass is 267 g/mol. The van der Waals surface area contributed by atoms with Gasteiger partial charge in [-0.25, -0.2) is 0 Å². The molecular weight excluding hydrogens is 243 g/mol. The minimum absolute atomic E-state index is 0.0512. The Bertz CT molecular complexity index is 243. The van der Waals surface area contributed by atoms with Crippen LogP contribution in [0.3, 0.4) is 0 Å². The van der Waals surface area contributed by atoms with Gasteiger partial charge in [0, 0.05) is 6.04 Å². The molecule has 0 amide bonds. The van der Waals surface area contributed by atoms with Crippen LogP contribution < -0.4 is 5.32 Å². The maximum Gasteiger partial charge on any atom is 0.391 e. The average Bonchev–Trinajstić information content (AvgIpc) is 2.28. The summed E-state index contributed by atoms with van der Waals surface area (Å²) in [5.41, 5.74) is 0. The van der Waals surface area contributed by atoms with Crippen molar-refractivity contribution in [1.29, 1.82) is 0 Å². The van der Waals surface area contributed by atoms with E-state index in [0.29, 0.717) is 19.4 Å². The van der Waals surface area contributed by atoms with Crippen LogP contribution in [0.5, 0.6) is 0 Å². The molecule has 3 atom stereocenters. The van der Waals surface area contributed by atoms with Crippen molar-refractivity contribution in [3.05, 3.63) is 0 Å². The quantitative estimate of drug-likeness (QED) is 0.802. The lowest BCUT2D eigenvalue weighted by Crippen LogP contribution is -2.40. The van der Waals surface area contributed by atoms with Crippen LogP contribution in [-0.4, -0.2) is 30.0 Å². The van der Waals surface area contributed by atoms with Crippen molar-refractivity contribution in [2.24, 2.45) is 11.8 Å². The van der Waals surface area contributed by atoms with Crippen molar-refractivity contribution in [3.63, 3.8) is 0 Å². The second-order valence-corrected chi connectivity index (χ2v) is 5.66. The third kappa shape index (κ3) is 5.14. The summed E-state index contributed by atoms with van der Waals surface area (Å²) in [7, 11) is 0. The molecule has 3 unspecified atom stereocenters. The van der Waals surface area contributed by atoms with Crippen LogP contribution in [0.25, 0.3) is 0 Å². The molecule has 18 heavy (non-hydrogen) atoms. The number of nitrogens with one attached hydrogen (secondary N) is 1. The summed E-state index contributed by atoms with van der Waals surface area (Å²) in [6.07, 6.45) is -1.95. The number of hydrogen-bond acceptors (Lipinski definition) is 2. The molecule has 108 valence electrons. The van der Waals surface area contributed by atoms with Gasteiger partial charge in [0.2, 0.25) is 0 Å². The van der Waals surface area contributed by atoms with Gasteiger partial charge in [-0.3, -0.25) is 0 Å². The summed E-state index contributed by atoms with van der Waals surface area (Å²) in [6, 6.07) is -0.0512. The minimum Gasteiger partial charge on any atom is -0.393 e. The van der Waals surface area contributed by atoms with E-state index in [1.165, 1.54) is 0 Å². The van der Waals surface area contributed by atoms with E-state index in [1.54, 1.807) is 0 Å². The normalized spacial score (nSPS) is 27.5. The third-order valence-electron chi connectivity index (χ3n) is 3.78. The topological polar surface area (TPSA) is 32.3 Å². The zero-order valence-corrected chi connectivity index (χ0v) is 11.1. The molecule has 0 heterocycles. The summed E-state index contributed by atoms with van der Waals surface area (Å²) in [6.45, 7) is 4.46. The van der Waals surface area contributed by atoms with Gasteiger partial charge in [0.15, 0.2) is 0 Å². The number of aliphatic hydroxyl groups is 1. The number of rotatable bonds is 5. The van der Waals surface area contributed by atoms with Gasteiger partial charge < -0.3 is 10.4 Å². The van der Waals surface area contributed by atoms with E-state index >= 15 is 0 Å². The van der Waals surface area contributed by atoms with Gasteiger partial charge in [-0.15, -0.1) is 0 Å². The zero-order chi connectivity index (χ0) is 13.8. The lowest BCUT2D eigenvalue weighted by Gasteiger charge is -2.31. The van der Waals surface area contributed by atoms with Gasteiger partial charge in [0.1, 0.15) is 0 Å². The molecule has 1 aliphatic carbocycles. The Labute approximate surface area is 107 Å². The molecule has 0 saturated heterocycles. The summed E-state index contributed by atoms with van der Waals surface area (Å²) in [5.74, 6) is -0.958. The van der Waals surface area contributed by atoms with Crippen LogP contribution in [-0.2, 0) is 0 Å². The molecule has 1 aliphatic rings. The third-order valence-corrected chi connectivity index (χ3v) is 3.78. The highest BCUT2D eigenvalue weighted by atomic mass is 19.4. The van der Waals surface area contributed by atoms with E-state index in [0.717, 1.165) is 6.42 Å². The SMILES string of the molecule is CC(C)C(O)CCNC1CCCC(C(F)(F)F)C1. The van der Waals surface area contributed by atoms with Crippen molar-refractivity contribution < 1.29 is 18.3 Å². The van der Waals surface area contributed by atoms with E-state index in [-0.39, 0.29) is 30.9 Å². The molecule has 2 nitrogen and oxygen atoms in total. The predicted molar refractivity (Wildman–Crippen MR) is 65.3 cm³/mol. The Hall–Kier alpha value is -0.290. The fraction of sp³-hybridized carbons (Fsp3) is 1.00. The van der Waals surface area contributed by atoms with Crippen LogP contribution in [0.15, 0.2) is 0 Å². The van der Waals surface area contributed by atoms with E-state index in [1.807, 2.05) is 13.8 Å². The van der Waals surface area contributed by atoms with Gasteiger partial charge in [-0.2, -0.15) is 13.2 Å². The average molecular weight is 267 g/mol. The van der Waals surface area contributed by atoms with Crippen molar-refractivity contribution >= 4 is 0 Å². The van der Waals surface area contributed by atoms with Crippen molar-refractivity contribution in [2.45, 2.75) is 64.3 Å². The number of hydrogen-bond donors (Lipinski definition) is 2. The molecule has 5 heteroatoms. The maximum absolute atomic E-state index is 12.6. The number of aliphatic hydroxyl groups excluding tert-OH is 1. The summed E-state index contributed by atoms with van der Waals surface area (Å²) < 4.78 is 37.8. The summed E-state index contributed by atoms with van der Waals surface area (Å²) in [5, 5.41) is 12.8. The van der Waals surface area contributed by atoms with Gasteiger partial charge >= 0.3 is 6.18 Å². The molecule has 1 saturated carbocycles. The van der Waals surface area contributed by atoms with Crippen molar-refractivity contribution in [3.8, 4) is 0 Å². The first-order valence-corrected chi connectivity index (χ1v) is 6.79. The highest BCUT2D eigenvalue weighted by Gasteiger charge is 2.41. The molecule has 0 aromatic rings. The highest BCUT2D eigenvalue weighted by molar-refractivity contribution is 4.82. The molecule has 0 radical (unpaired) electrons. The standard InChI is InChI=1S/C13H24F3NO/c1-9(2)12(18)6-7-17-11-5-3-4-10(8-11)13(14,15)16/h9-12,17-18H,3-8H2,1-2H3. The molecule has 0 aliphatic heterocycles. The molecule has 0 aromatic carbocycles. The first-order chi connectivity index (χ1) is 8.30. The molecule has 0 bridgehead atoms. The van der Waals surface area contributed by atoms with Gasteiger partial charge in [-0.05, 0) is 38.1 Å². The second-order valence-electron chi connectivity index (χ2n) is 5.66. The van der Waals surface area contributed by atoms with Crippen LogP contribution in [0, 0.1) is 11.8 Å². The first-order valence-electron chi connectivity index (χ1n) is 6.79. The van der Waals surface area contributed by atoms with Gasteiger partial charge in [0.25, 0.3) is 0 Å². The summed E-state index contributed by atoms with van der Waals surface area (Å²) >= 11 is 0. The lowest BCUT2D eigenvalue weighted by atomic mass is 9.85. The Morgan fingerprint density at radius 3 is 2.50 bits per heavy atom. The zero-order valence-electron chi connectivity index (χ0n) is 11.1. The van der Waals surface area contributed by atoms with Crippen LogP contribution in [0.4, 0.5) is 13.2 Å². The fourth-order valence-electron chi connectivity index (χ4n) is 2.44. The minimum atomic E-state index is -4.06. The molecule has 1 fully saturated rings. The largest absolute Gasteiger partial charge is 0.393 e. The Kier molecular flexibility index (Phi) is 5.92. The second kappa shape index (κ2) is 6.75. The van der Waals surface area contributed by atoms with Crippen molar-refractivity contribution in [1.82, 2.24) is 5.32 Å². The fourth-order valence-corrected chi connectivity index (χ4v) is 2.44. The van der Waals surface area contributed by atoms with Crippen molar-refractivity contribution in [2.75, 3.05) is 6.54 Å². The summed E-state index contributed by atoms with van der Waals surface area (Å²) in [4.78, 5) is 0. The van der Waals surface area contributed by atoms with Crippen LogP contribution in [0.1, 0.15) is 46.0 Å². The van der Waals surface area contributed by atoms with E-state index < -0.39 is 12.1 Å². The van der Waals surface area contributed by atoms with E-state index in [4.69, 9.17) is 0 Å². The molecule has 1 rings (SSSR count). The predicted octanol–water partition coefficient (Wildman–Crippen LogP) is 3.10. The Morgan fingerprint density at radius 2 is 1.94 bits per heavy atom.